The van der Waals surface area contributed by atoms with E-state index in [1.54, 1.807) is 0 Å². The standard InChI is InChI=1S/C10H18N2O2/c1-7(13)14-10-5-4-8-9(12-10)3-2-6-11-8/h8-12H,2-6H2,1H3. The van der Waals surface area contributed by atoms with Gasteiger partial charge in [0, 0.05) is 19.0 Å². The van der Waals surface area contributed by atoms with Gasteiger partial charge in [-0.2, -0.15) is 0 Å². The smallest absolute Gasteiger partial charge is 0.304 e. The molecular weight excluding hydrogens is 180 g/mol. The molecule has 0 radical (unpaired) electrons. The number of hydrogen-bond acceptors (Lipinski definition) is 4. The largest absolute Gasteiger partial charge is 0.447 e. The fourth-order valence-electron chi connectivity index (χ4n) is 2.40. The zero-order valence-corrected chi connectivity index (χ0v) is 8.58. The van der Waals surface area contributed by atoms with Crippen LogP contribution in [0.25, 0.3) is 0 Å². The van der Waals surface area contributed by atoms with E-state index in [0.717, 1.165) is 19.4 Å². The van der Waals surface area contributed by atoms with E-state index < -0.39 is 0 Å². The first-order valence-corrected chi connectivity index (χ1v) is 5.42. The SMILES string of the molecule is CC(=O)OC1CCC2NCCCC2N1. The molecule has 0 spiro atoms. The number of carbonyl (C=O) groups is 1. The summed E-state index contributed by atoms with van der Waals surface area (Å²) in [6.07, 6.45) is 4.37. The third kappa shape index (κ3) is 2.25. The molecule has 2 heterocycles. The normalized spacial score (nSPS) is 37.4. The summed E-state index contributed by atoms with van der Waals surface area (Å²) in [4.78, 5) is 10.8. The molecule has 0 amide bonds. The van der Waals surface area contributed by atoms with Gasteiger partial charge in [0.25, 0.3) is 0 Å². The fourth-order valence-corrected chi connectivity index (χ4v) is 2.40. The molecule has 4 nitrogen and oxygen atoms in total. The third-order valence-electron chi connectivity index (χ3n) is 3.03. The number of piperidine rings is 2. The molecule has 0 aliphatic carbocycles. The molecule has 2 aliphatic rings. The Balaban J connectivity index is 1.86. The maximum atomic E-state index is 10.8. The predicted molar refractivity (Wildman–Crippen MR) is 52.7 cm³/mol. The average molecular weight is 198 g/mol. The topological polar surface area (TPSA) is 50.4 Å². The summed E-state index contributed by atoms with van der Waals surface area (Å²) in [5.41, 5.74) is 0. The molecule has 0 aromatic rings. The van der Waals surface area contributed by atoms with E-state index in [9.17, 15) is 4.79 Å². The summed E-state index contributed by atoms with van der Waals surface area (Å²) >= 11 is 0. The third-order valence-corrected chi connectivity index (χ3v) is 3.03. The van der Waals surface area contributed by atoms with Crippen LogP contribution < -0.4 is 10.6 Å². The molecule has 3 unspecified atom stereocenters. The van der Waals surface area contributed by atoms with Crippen LogP contribution >= 0.6 is 0 Å². The molecule has 0 saturated carbocycles. The summed E-state index contributed by atoms with van der Waals surface area (Å²) in [5, 5.41) is 6.87. The fraction of sp³-hybridized carbons (Fsp3) is 0.900. The highest BCUT2D eigenvalue weighted by Crippen LogP contribution is 2.20. The number of fused-ring (bicyclic) bond motifs is 1. The first-order chi connectivity index (χ1) is 6.75. The van der Waals surface area contributed by atoms with Crippen molar-refractivity contribution >= 4 is 5.97 Å². The van der Waals surface area contributed by atoms with E-state index in [0.29, 0.717) is 12.1 Å². The van der Waals surface area contributed by atoms with Gasteiger partial charge in [0.1, 0.15) is 0 Å². The van der Waals surface area contributed by atoms with Crippen molar-refractivity contribution in [2.75, 3.05) is 6.54 Å². The van der Waals surface area contributed by atoms with E-state index in [4.69, 9.17) is 4.74 Å². The van der Waals surface area contributed by atoms with Crippen LogP contribution in [0.1, 0.15) is 32.6 Å². The van der Waals surface area contributed by atoms with Crippen LogP contribution in [-0.2, 0) is 9.53 Å². The minimum Gasteiger partial charge on any atom is -0.447 e. The predicted octanol–water partition coefficient (Wildman–Crippen LogP) is 0.380. The lowest BCUT2D eigenvalue weighted by Crippen LogP contribution is -2.59. The van der Waals surface area contributed by atoms with Crippen molar-refractivity contribution in [1.29, 1.82) is 0 Å². The van der Waals surface area contributed by atoms with Crippen LogP contribution in [-0.4, -0.2) is 30.8 Å². The Bertz CT molecular complexity index is 220. The minimum absolute atomic E-state index is 0.0614. The molecule has 2 rings (SSSR count). The number of nitrogens with one attached hydrogen (secondary N) is 2. The van der Waals surface area contributed by atoms with Crippen molar-refractivity contribution in [1.82, 2.24) is 10.6 Å². The lowest BCUT2D eigenvalue weighted by molar-refractivity contribution is -0.150. The van der Waals surface area contributed by atoms with Gasteiger partial charge >= 0.3 is 5.97 Å². The minimum atomic E-state index is -0.190. The Kier molecular flexibility index (Phi) is 3.03. The van der Waals surface area contributed by atoms with Gasteiger partial charge in [-0.3, -0.25) is 10.1 Å². The number of hydrogen-bond donors (Lipinski definition) is 2. The molecule has 4 heteroatoms. The molecule has 2 saturated heterocycles. The van der Waals surface area contributed by atoms with Crippen LogP contribution in [0, 0.1) is 0 Å². The molecule has 80 valence electrons. The molecule has 14 heavy (non-hydrogen) atoms. The van der Waals surface area contributed by atoms with Gasteiger partial charge in [0.05, 0.1) is 0 Å². The highest BCUT2D eigenvalue weighted by Gasteiger charge is 2.32. The summed E-state index contributed by atoms with van der Waals surface area (Å²) < 4.78 is 5.16. The van der Waals surface area contributed by atoms with Crippen LogP contribution in [0.15, 0.2) is 0 Å². The highest BCUT2D eigenvalue weighted by atomic mass is 16.6. The molecule has 2 aliphatic heterocycles. The van der Waals surface area contributed by atoms with E-state index in [2.05, 4.69) is 10.6 Å². The number of ether oxygens (including phenoxy) is 1. The van der Waals surface area contributed by atoms with Crippen molar-refractivity contribution in [3.05, 3.63) is 0 Å². The summed E-state index contributed by atoms with van der Waals surface area (Å²) in [5.74, 6) is -0.190. The van der Waals surface area contributed by atoms with E-state index in [1.807, 2.05) is 0 Å². The highest BCUT2D eigenvalue weighted by molar-refractivity contribution is 5.66. The Hall–Kier alpha value is -0.610. The van der Waals surface area contributed by atoms with Gasteiger partial charge < -0.3 is 10.1 Å². The number of carbonyl (C=O) groups excluding carboxylic acids is 1. The van der Waals surface area contributed by atoms with Gasteiger partial charge in [0.2, 0.25) is 0 Å². The van der Waals surface area contributed by atoms with Crippen molar-refractivity contribution in [3.63, 3.8) is 0 Å². The second-order valence-electron chi connectivity index (χ2n) is 4.15. The first-order valence-electron chi connectivity index (χ1n) is 5.42. The average Bonchev–Trinajstić information content (AvgIpc) is 2.17. The second kappa shape index (κ2) is 4.28. The Morgan fingerprint density at radius 2 is 2.14 bits per heavy atom. The second-order valence-corrected chi connectivity index (χ2v) is 4.15. The molecule has 0 bridgehead atoms. The Morgan fingerprint density at radius 3 is 2.93 bits per heavy atom. The summed E-state index contributed by atoms with van der Waals surface area (Å²) in [6, 6.07) is 1.07. The van der Waals surface area contributed by atoms with E-state index in [1.165, 1.54) is 19.8 Å². The Morgan fingerprint density at radius 1 is 1.29 bits per heavy atom. The molecular formula is C10H18N2O2. The quantitative estimate of drug-likeness (QED) is 0.598. The van der Waals surface area contributed by atoms with Gasteiger partial charge in [-0.1, -0.05) is 0 Å². The van der Waals surface area contributed by atoms with Crippen LogP contribution in [0.2, 0.25) is 0 Å². The molecule has 0 aromatic carbocycles. The van der Waals surface area contributed by atoms with E-state index in [-0.39, 0.29) is 12.2 Å². The maximum Gasteiger partial charge on any atom is 0.304 e. The lowest BCUT2D eigenvalue weighted by Gasteiger charge is -2.40. The van der Waals surface area contributed by atoms with Crippen LogP contribution in [0.4, 0.5) is 0 Å². The van der Waals surface area contributed by atoms with Gasteiger partial charge in [-0.15, -0.1) is 0 Å². The van der Waals surface area contributed by atoms with Crippen molar-refractivity contribution in [3.8, 4) is 0 Å². The maximum absolute atomic E-state index is 10.8. The first kappa shape index (κ1) is 9.93. The van der Waals surface area contributed by atoms with Crippen molar-refractivity contribution in [2.45, 2.75) is 50.9 Å². The molecule has 0 aromatic heterocycles. The number of rotatable bonds is 1. The monoisotopic (exact) mass is 198 g/mol. The molecule has 2 fully saturated rings. The van der Waals surface area contributed by atoms with Crippen LogP contribution in [0.3, 0.4) is 0 Å². The van der Waals surface area contributed by atoms with Crippen LogP contribution in [0.5, 0.6) is 0 Å². The lowest BCUT2D eigenvalue weighted by atomic mass is 9.91. The van der Waals surface area contributed by atoms with E-state index >= 15 is 0 Å². The Labute approximate surface area is 84.4 Å². The zero-order valence-electron chi connectivity index (χ0n) is 8.58. The van der Waals surface area contributed by atoms with Gasteiger partial charge in [0.15, 0.2) is 6.23 Å². The van der Waals surface area contributed by atoms with Gasteiger partial charge in [-0.05, 0) is 32.2 Å². The van der Waals surface area contributed by atoms with Crippen molar-refractivity contribution < 1.29 is 9.53 Å². The van der Waals surface area contributed by atoms with Gasteiger partial charge in [-0.25, -0.2) is 0 Å². The molecule has 2 N–H and O–H groups in total. The molecule has 3 atom stereocenters. The number of esters is 1. The summed E-state index contributed by atoms with van der Waals surface area (Å²) in [7, 11) is 0. The zero-order chi connectivity index (χ0) is 9.97. The van der Waals surface area contributed by atoms with Crippen molar-refractivity contribution in [2.24, 2.45) is 0 Å². The summed E-state index contributed by atoms with van der Waals surface area (Å²) in [6.45, 7) is 2.59.